The number of hydrogen-bond acceptors (Lipinski definition) is 3. The van der Waals surface area contributed by atoms with Crippen LogP contribution in [0.25, 0.3) is 0 Å². The highest BCUT2D eigenvalue weighted by Gasteiger charge is 2.29. The summed E-state index contributed by atoms with van der Waals surface area (Å²) in [5, 5.41) is 0. The van der Waals surface area contributed by atoms with Crippen LogP contribution in [-0.2, 0) is 13.3 Å². The summed E-state index contributed by atoms with van der Waals surface area (Å²) in [5.74, 6) is 0. The molecule has 3 nitrogen and oxygen atoms in total. The molecule has 0 saturated heterocycles. The van der Waals surface area contributed by atoms with Crippen molar-refractivity contribution in [2.45, 2.75) is 65.6 Å². The molecule has 0 unspecified atom stereocenters. The molecule has 0 rings (SSSR count). The summed E-state index contributed by atoms with van der Waals surface area (Å²) < 4.78 is 22.2. The highest BCUT2D eigenvalue weighted by Crippen LogP contribution is 2.17. The van der Waals surface area contributed by atoms with E-state index in [1.165, 1.54) is 0 Å². The lowest BCUT2D eigenvalue weighted by molar-refractivity contribution is 0.00234. The van der Waals surface area contributed by atoms with E-state index in [0.29, 0.717) is 0 Å². The smallest absolute Gasteiger partial charge is 0.491 e. The fourth-order valence-electron chi connectivity index (χ4n) is 0.616. The molecule has 0 aromatic rings. The Bertz CT molecular complexity index is 180. The third-order valence-corrected chi connectivity index (χ3v) is 3.86. The van der Waals surface area contributed by atoms with Gasteiger partial charge in [0.05, 0.1) is 11.2 Å². The van der Waals surface area contributed by atoms with Crippen molar-refractivity contribution in [1.82, 2.24) is 0 Å². The van der Waals surface area contributed by atoms with Crippen molar-refractivity contribution in [1.29, 1.82) is 0 Å². The zero-order chi connectivity index (χ0) is 11.4. The summed E-state index contributed by atoms with van der Waals surface area (Å²) in [6.07, 6.45) is 1.64. The molecule has 0 aliphatic heterocycles. The molecule has 0 N–H and O–H groups in total. The molecular formula is C10H22O3Si. The Morgan fingerprint density at radius 2 is 1.21 bits per heavy atom. The molecule has 0 spiro atoms. The monoisotopic (exact) mass is 218 g/mol. The Labute approximate surface area is 88.7 Å². The van der Waals surface area contributed by atoms with Crippen LogP contribution in [0.5, 0.6) is 0 Å². The second kappa shape index (κ2) is 4.91. The third-order valence-electron chi connectivity index (χ3n) is 2.42. The summed E-state index contributed by atoms with van der Waals surface area (Å²) in [4.78, 5) is 0. The normalized spacial score (nSPS) is 12.4. The van der Waals surface area contributed by atoms with Crippen molar-refractivity contribution in [3.05, 3.63) is 0 Å². The minimum atomic E-state index is -2.38. The summed E-state index contributed by atoms with van der Waals surface area (Å²) in [7, 11) is -2.38. The van der Waals surface area contributed by atoms with Crippen molar-refractivity contribution < 1.29 is 13.3 Å². The summed E-state index contributed by atoms with van der Waals surface area (Å²) in [6.45, 7) is 11.7. The largest absolute Gasteiger partial charge is 0.768 e. The highest BCUT2D eigenvalue weighted by atomic mass is 28.3. The molecular weight excluding hydrogens is 196 g/mol. The van der Waals surface area contributed by atoms with Crippen LogP contribution in [0.1, 0.15) is 54.4 Å². The van der Waals surface area contributed by atoms with E-state index in [-0.39, 0.29) is 11.2 Å². The predicted molar refractivity (Wildman–Crippen MR) is 57.4 cm³/mol. The molecule has 0 amide bonds. The van der Waals surface area contributed by atoms with E-state index in [2.05, 4.69) is 0 Å². The van der Waals surface area contributed by atoms with Gasteiger partial charge in [0, 0.05) is 0 Å². The summed E-state index contributed by atoms with van der Waals surface area (Å²) >= 11 is 0. The first-order valence-electron chi connectivity index (χ1n) is 5.14. The van der Waals surface area contributed by atoms with E-state index >= 15 is 0 Å². The van der Waals surface area contributed by atoms with Gasteiger partial charge in [0.2, 0.25) is 0 Å². The molecule has 0 radical (unpaired) electrons. The maximum atomic E-state index is 11.5. The first-order chi connectivity index (χ1) is 6.22. The van der Waals surface area contributed by atoms with Crippen LogP contribution in [0, 0.1) is 0 Å². The van der Waals surface area contributed by atoms with Gasteiger partial charge >= 0.3 is 9.17 Å². The molecule has 0 atom stereocenters. The van der Waals surface area contributed by atoms with Gasteiger partial charge in [-0.15, -0.1) is 0 Å². The highest BCUT2D eigenvalue weighted by molar-refractivity contribution is 6.26. The molecule has 14 heavy (non-hydrogen) atoms. The second-order valence-corrected chi connectivity index (χ2v) is 5.59. The fraction of sp³-hybridized carbons (Fsp3) is 1.00. The molecule has 0 aliphatic carbocycles. The van der Waals surface area contributed by atoms with Crippen molar-refractivity contribution in [3.8, 4) is 0 Å². The first kappa shape index (κ1) is 13.6. The molecule has 0 fully saturated rings. The van der Waals surface area contributed by atoms with Gasteiger partial charge in [-0.1, -0.05) is 13.8 Å². The summed E-state index contributed by atoms with van der Waals surface area (Å²) in [6, 6.07) is 0. The molecule has 0 saturated carbocycles. The van der Waals surface area contributed by atoms with Gasteiger partial charge in [0.15, 0.2) is 0 Å². The van der Waals surface area contributed by atoms with Crippen LogP contribution < -0.4 is 0 Å². The van der Waals surface area contributed by atoms with E-state index in [1.807, 2.05) is 41.5 Å². The van der Waals surface area contributed by atoms with Crippen LogP contribution in [-0.4, -0.2) is 20.4 Å². The van der Waals surface area contributed by atoms with E-state index in [1.54, 1.807) is 0 Å². The molecule has 0 aromatic carbocycles. The third kappa shape index (κ3) is 5.37. The first-order valence-corrected chi connectivity index (χ1v) is 6.37. The van der Waals surface area contributed by atoms with Gasteiger partial charge in [0.1, 0.15) is 0 Å². The fourth-order valence-corrected chi connectivity index (χ4v) is 1.85. The standard InChI is InChI=1S/C10H22O3Si/c1-7-9(3,4)12-14(11)13-10(5,6)8-2/h7-8H2,1-6H3. The molecule has 0 heterocycles. The minimum absolute atomic E-state index is 0.361. The quantitative estimate of drug-likeness (QED) is 0.643. The molecule has 84 valence electrons. The Morgan fingerprint density at radius 1 is 0.929 bits per heavy atom. The molecule has 4 heteroatoms. The van der Waals surface area contributed by atoms with Crippen LogP contribution >= 0.6 is 0 Å². The van der Waals surface area contributed by atoms with Gasteiger partial charge in [-0.3, -0.25) is 4.46 Å². The van der Waals surface area contributed by atoms with Crippen LogP contribution in [0.2, 0.25) is 0 Å². The summed E-state index contributed by atoms with van der Waals surface area (Å²) in [5.41, 5.74) is -0.722. The predicted octanol–water partition coefficient (Wildman–Crippen LogP) is 2.81. The van der Waals surface area contributed by atoms with Crippen LogP contribution in [0.4, 0.5) is 0 Å². The van der Waals surface area contributed by atoms with Gasteiger partial charge < -0.3 is 8.85 Å². The van der Waals surface area contributed by atoms with E-state index in [0.717, 1.165) is 12.8 Å². The van der Waals surface area contributed by atoms with Crippen LogP contribution in [0.3, 0.4) is 0 Å². The Morgan fingerprint density at radius 3 is 1.43 bits per heavy atom. The number of hydrogen-bond donors (Lipinski definition) is 0. The Hall–Kier alpha value is -0.383. The SMILES string of the molecule is CCC(C)(C)O[Si](=O)OC(C)(C)CC. The molecule has 0 aromatic heterocycles. The topological polar surface area (TPSA) is 35.5 Å². The molecule has 0 aliphatic rings. The van der Waals surface area contributed by atoms with E-state index in [9.17, 15) is 4.46 Å². The average molecular weight is 218 g/mol. The van der Waals surface area contributed by atoms with Gasteiger partial charge in [0.25, 0.3) is 0 Å². The van der Waals surface area contributed by atoms with Crippen molar-refractivity contribution in [2.24, 2.45) is 0 Å². The lowest BCUT2D eigenvalue weighted by Crippen LogP contribution is -2.35. The molecule has 0 bridgehead atoms. The van der Waals surface area contributed by atoms with Gasteiger partial charge in [-0.05, 0) is 40.5 Å². The zero-order valence-corrected chi connectivity index (χ0v) is 11.1. The average Bonchev–Trinajstić information content (AvgIpc) is 2.02. The number of rotatable bonds is 6. The lowest BCUT2D eigenvalue weighted by Gasteiger charge is -2.28. The Balaban J connectivity index is 4.12. The van der Waals surface area contributed by atoms with Crippen molar-refractivity contribution >= 4 is 9.17 Å². The maximum absolute atomic E-state index is 11.5. The lowest BCUT2D eigenvalue weighted by atomic mass is 10.1. The van der Waals surface area contributed by atoms with E-state index in [4.69, 9.17) is 8.85 Å². The Kier molecular flexibility index (Phi) is 4.78. The van der Waals surface area contributed by atoms with Crippen molar-refractivity contribution in [3.63, 3.8) is 0 Å². The van der Waals surface area contributed by atoms with Crippen molar-refractivity contribution in [2.75, 3.05) is 0 Å². The zero-order valence-electron chi connectivity index (χ0n) is 10.1. The van der Waals surface area contributed by atoms with E-state index < -0.39 is 9.17 Å². The van der Waals surface area contributed by atoms with Crippen LogP contribution in [0.15, 0.2) is 0 Å². The van der Waals surface area contributed by atoms with Gasteiger partial charge in [-0.25, -0.2) is 0 Å². The van der Waals surface area contributed by atoms with Gasteiger partial charge in [-0.2, -0.15) is 0 Å². The maximum Gasteiger partial charge on any atom is 0.768 e. The minimum Gasteiger partial charge on any atom is -0.491 e. The second-order valence-electron chi connectivity index (χ2n) is 4.68.